The molecule has 1 aliphatic heterocycles. The van der Waals surface area contributed by atoms with E-state index >= 15 is 0 Å². The Labute approximate surface area is 68.2 Å². The van der Waals surface area contributed by atoms with Crippen LogP contribution in [0.25, 0.3) is 0 Å². The van der Waals surface area contributed by atoms with Crippen LogP contribution >= 0.6 is 8.58 Å². The molecule has 1 heteroatoms. The molecule has 54 valence electrons. The lowest BCUT2D eigenvalue weighted by molar-refractivity contribution is 0.875. The molecule has 0 aromatic carbocycles. The molecule has 2 aliphatic carbocycles. The first kappa shape index (κ1) is 5.97. The van der Waals surface area contributed by atoms with E-state index in [1.165, 1.54) is 0 Å². The van der Waals surface area contributed by atoms with Crippen molar-refractivity contribution in [3.8, 4) is 0 Å². The van der Waals surface area contributed by atoms with Crippen LogP contribution in [0.3, 0.4) is 0 Å². The van der Waals surface area contributed by atoms with Crippen LogP contribution in [-0.2, 0) is 0 Å². The fourth-order valence-electron chi connectivity index (χ4n) is 1.97. The Kier molecular flexibility index (Phi) is 0.863. The lowest BCUT2D eigenvalue weighted by Gasteiger charge is -2.17. The molecule has 1 heterocycles. The molecule has 0 amide bonds. The molecule has 0 saturated carbocycles. The lowest BCUT2D eigenvalue weighted by Crippen LogP contribution is -2.21. The van der Waals surface area contributed by atoms with Gasteiger partial charge in [-0.05, 0) is 0 Å². The molecule has 11 heavy (non-hydrogen) atoms. The van der Waals surface area contributed by atoms with E-state index in [9.17, 15) is 0 Å². The van der Waals surface area contributed by atoms with E-state index in [-0.39, 0.29) is 0 Å². The van der Waals surface area contributed by atoms with Gasteiger partial charge < -0.3 is 0 Å². The van der Waals surface area contributed by atoms with Crippen molar-refractivity contribution in [1.82, 2.24) is 0 Å². The molecule has 1 fully saturated rings. The molecule has 0 spiro atoms. The van der Waals surface area contributed by atoms with Gasteiger partial charge in [-0.15, -0.1) is 0 Å². The van der Waals surface area contributed by atoms with Gasteiger partial charge in [0.15, 0.2) is 0 Å². The first-order valence-electron chi connectivity index (χ1n) is 3.90. The summed E-state index contributed by atoms with van der Waals surface area (Å²) >= 11 is 0. The number of allylic oxidation sites excluding steroid dienone is 8. The zero-order valence-electron chi connectivity index (χ0n) is 6.12. The van der Waals surface area contributed by atoms with Gasteiger partial charge >= 0.3 is 0 Å². The second-order valence-corrected chi connectivity index (χ2v) is 5.20. The molecule has 0 bridgehead atoms. The van der Waals surface area contributed by atoms with E-state index in [0.29, 0.717) is 10.3 Å². The van der Waals surface area contributed by atoms with Crippen LogP contribution in [-0.4, -0.2) is 10.3 Å². The summed E-state index contributed by atoms with van der Waals surface area (Å²) in [5, 5.41) is 0.826. The van der Waals surface area contributed by atoms with Crippen molar-refractivity contribution < 1.29 is 0 Å². The number of rotatable bonds is 0. The quantitative estimate of drug-likeness (QED) is 0.477. The molecule has 0 aromatic heterocycles. The van der Waals surface area contributed by atoms with Gasteiger partial charge in [0.1, 0.15) is 0 Å². The van der Waals surface area contributed by atoms with Gasteiger partial charge in [-0.25, -0.2) is 0 Å². The minimum atomic E-state index is 0.413. The van der Waals surface area contributed by atoms with E-state index in [1.807, 2.05) is 0 Å². The van der Waals surface area contributed by atoms with Gasteiger partial charge in [0.2, 0.25) is 0 Å². The Morgan fingerprint density at radius 2 is 1.00 bits per heavy atom. The zero-order chi connectivity index (χ0) is 7.36. The third-order valence-corrected chi connectivity index (χ3v) is 4.77. The van der Waals surface area contributed by atoms with Gasteiger partial charge in [-0.2, -0.15) is 0 Å². The minimum Gasteiger partial charge on any atom is -0.0897 e. The van der Waals surface area contributed by atoms with Crippen molar-refractivity contribution in [3.05, 3.63) is 48.6 Å². The van der Waals surface area contributed by atoms with E-state index in [2.05, 4.69) is 48.6 Å². The van der Waals surface area contributed by atoms with E-state index in [0.717, 1.165) is 8.58 Å². The van der Waals surface area contributed by atoms with Crippen molar-refractivity contribution in [2.75, 3.05) is 0 Å². The highest BCUT2D eigenvalue weighted by Gasteiger charge is 2.62. The highest BCUT2D eigenvalue weighted by Crippen LogP contribution is 2.74. The first-order chi connectivity index (χ1) is 5.37. The summed E-state index contributed by atoms with van der Waals surface area (Å²) < 4.78 is 0. The summed E-state index contributed by atoms with van der Waals surface area (Å²) in [7, 11) is 1.03. The SMILES string of the molecule is C1=CC23C=CC=CC2(C=C1)P3. The van der Waals surface area contributed by atoms with Crippen molar-refractivity contribution in [2.24, 2.45) is 0 Å². The maximum absolute atomic E-state index is 2.34. The minimum absolute atomic E-state index is 0.413. The highest BCUT2D eigenvalue weighted by atomic mass is 31.1. The highest BCUT2D eigenvalue weighted by molar-refractivity contribution is 7.53. The summed E-state index contributed by atoms with van der Waals surface area (Å²) in [6.45, 7) is 0. The Morgan fingerprint density at radius 3 is 1.36 bits per heavy atom. The van der Waals surface area contributed by atoms with E-state index in [4.69, 9.17) is 0 Å². The van der Waals surface area contributed by atoms with E-state index in [1.54, 1.807) is 0 Å². The van der Waals surface area contributed by atoms with Gasteiger partial charge in [0.25, 0.3) is 0 Å². The van der Waals surface area contributed by atoms with Crippen LogP contribution in [0.5, 0.6) is 0 Å². The van der Waals surface area contributed by atoms with Gasteiger partial charge in [-0.3, -0.25) is 0 Å². The Morgan fingerprint density at radius 1 is 0.636 bits per heavy atom. The maximum Gasteiger partial charge on any atom is 0.0414 e. The predicted molar refractivity (Wildman–Crippen MR) is 50.3 cm³/mol. The third kappa shape index (κ3) is 0.555. The molecule has 0 unspecified atom stereocenters. The Hall–Kier alpha value is -0.610. The van der Waals surface area contributed by atoms with Crippen molar-refractivity contribution in [2.45, 2.75) is 10.3 Å². The predicted octanol–water partition coefficient (Wildman–Crippen LogP) is 2.41. The molecule has 0 aromatic rings. The normalized spacial score (nSPS) is 50.9. The number of hydrogen-bond donors (Lipinski definition) is 0. The molecule has 0 nitrogen and oxygen atoms in total. The third-order valence-electron chi connectivity index (χ3n) is 2.69. The molecule has 3 aliphatic rings. The lowest BCUT2D eigenvalue weighted by atomic mass is 9.85. The smallest absolute Gasteiger partial charge is 0.0414 e. The van der Waals surface area contributed by atoms with Crippen LogP contribution in [0.1, 0.15) is 0 Å². The topological polar surface area (TPSA) is 0 Å². The Balaban J connectivity index is 2.19. The molecule has 0 atom stereocenters. The van der Waals surface area contributed by atoms with Crippen molar-refractivity contribution in [1.29, 1.82) is 0 Å². The summed E-state index contributed by atoms with van der Waals surface area (Å²) in [5.41, 5.74) is 0. The molecule has 3 rings (SSSR count). The molecular weight excluding hydrogens is 151 g/mol. The molecular formula is C10H9P. The van der Waals surface area contributed by atoms with Crippen LogP contribution < -0.4 is 0 Å². The van der Waals surface area contributed by atoms with E-state index < -0.39 is 0 Å². The van der Waals surface area contributed by atoms with Gasteiger partial charge in [-0.1, -0.05) is 57.2 Å². The average Bonchev–Trinajstić information content (AvgIpc) is 2.72. The maximum atomic E-state index is 2.34. The summed E-state index contributed by atoms with van der Waals surface area (Å²) in [6, 6.07) is 0. The van der Waals surface area contributed by atoms with Crippen LogP contribution in [0.15, 0.2) is 48.6 Å². The second-order valence-electron chi connectivity index (χ2n) is 3.30. The van der Waals surface area contributed by atoms with Crippen LogP contribution in [0, 0.1) is 0 Å². The summed E-state index contributed by atoms with van der Waals surface area (Å²) in [5.74, 6) is 0. The fourth-order valence-corrected chi connectivity index (χ4v) is 3.64. The molecule has 1 saturated heterocycles. The zero-order valence-corrected chi connectivity index (χ0v) is 7.12. The fraction of sp³-hybridized carbons (Fsp3) is 0.200. The van der Waals surface area contributed by atoms with Crippen LogP contribution in [0.4, 0.5) is 0 Å². The average molecular weight is 160 g/mol. The largest absolute Gasteiger partial charge is 0.0897 e. The Bertz CT molecular complexity index is 262. The summed E-state index contributed by atoms with van der Waals surface area (Å²) in [6.07, 6.45) is 18.0. The second kappa shape index (κ2) is 1.59. The molecule has 0 radical (unpaired) electrons. The summed E-state index contributed by atoms with van der Waals surface area (Å²) in [4.78, 5) is 0. The van der Waals surface area contributed by atoms with Gasteiger partial charge in [0, 0.05) is 10.3 Å². The van der Waals surface area contributed by atoms with Crippen molar-refractivity contribution >= 4 is 8.58 Å². The van der Waals surface area contributed by atoms with Crippen LogP contribution in [0.2, 0.25) is 0 Å². The molecule has 0 N–H and O–H groups in total. The monoisotopic (exact) mass is 160 g/mol. The number of hydrogen-bond acceptors (Lipinski definition) is 0. The van der Waals surface area contributed by atoms with Gasteiger partial charge in [0.05, 0.1) is 0 Å². The standard InChI is InChI=1S/C10H9P/c1-2-6-10-8-4-3-7-9(10,5-1)11-10/h1-8,11H. The van der Waals surface area contributed by atoms with Crippen molar-refractivity contribution in [3.63, 3.8) is 0 Å². The first-order valence-corrected chi connectivity index (χ1v) is 4.90.